The lowest BCUT2D eigenvalue weighted by Gasteiger charge is -2.18. The number of sulfonamides is 1. The first kappa shape index (κ1) is 18.8. The van der Waals surface area contributed by atoms with Crippen LogP contribution in [0, 0.1) is 5.82 Å². The van der Waals surface area contributed by atoms with E-state index in [1.807, 2.05) is 18.2 Å². The van der Waals surface area contributed by atoms with Crippen LogP contribution in [0.15, 0.2) is 60.7 Å². The van der Waals surface area contributed by atoms with Crippen LogP contribution >= 0.6 is 0 Å². The largest absolute Gasteiger partial charge is 0.289 e. The van der Waals surface area contributed by atoms with Crippen molar-refractivity contribution in [3.8, 4) is 11.1 Å². The number of benzene rings is 3. The molecule has 0 saturated heterocycles. The number of nitrogens with one attached hydrogen (secondary N) is 2. The molecule has 0 aromatic heterocycles. The van der Waals surface area contributed by atoms with Crippen molar-refractivity contribution in [2.24, 2.45) is 0 Å². The Morgan fingerprint density at radius 3 is 2.37 bits per heavy atom. The smallest absolute Gasteiger partial charge is 0.263 e. The van der Waals surface area contributed by atoms with E-state index in [0.717, 1.165) is 12.3 Å². The molecule has 6 nitrogen and oxygen atoms in total. The Labute approximate surface area is 155 Å². The van der Waals surface area contributed by atoms with Crippen molar-refractivity contribution >= 4 is 32.4 Å². The lowest BCUT2D eigenvalue weighted by atomic mass is 9.99. The molecule has 1 amide bonds. The Bertz CT molecular complexity index is 1100. The third-order valence-electron chi connectivity index (χ3n) is 4.27. The minimum absolute atomic E-state index is 0.275. The summed E-state index contributed by atoms with van der Waals surface area (Å²) in [5.74, 6) is -1.46. The van der Waals surface area contributed by atoms with E-state index in [0.29, 0.717) is 16.5 Å². The second-order valence-corrected chi connectivity index (χ2v) is 7.98. The molecule has 0 aliphatic rings. The number of carbonyl (C=O) groups excluding carboxylic acids is 1. The van der Waals surface area contributed by atoms with Gasteiger partial charge in [-0.15, -0.1) is 0 Å². The fourth-order valence-electron chi connectivity index (χ4n) is 2.71. The van der Waals surface area contributed by atoms with Gasteiger partial charge in [0.1, 0.15) is 5.82 Å². The fourth-order valence-corrected chi connectivity index (χ4v) is 3.73. The second-order valence-electron chi connectivity index (χ2n) is 5.98. The van der Waals surface area contributed by atoms with Crippen LogP contribution in [0.1, 0.15) is 6.92 Å². The minimum atomic E-state index is -4.15. The first-order chi connectivity index (χ1) is 12.8. The Morgan fingerprint density at radius 2 is 1.70 bits per heavy atom. The maximum atomic E-state index is 13.3. The van der Waals surface area contributed by atoms with Gasteiger partial charge in [-0.2, -0.15) is 0 Å². The van der Waals surface area contributed by atoms with Crippen molar-refractivity contribution in [1.82, 2.24) is 5.48 Å². The van der Waals surface area contributed by atoms with Crippen LogP contribution in [0.2, 0.25) is 0 Å². The normalized spacial score (nSPS) is 12.6. The van der Waals surface area contributed by atoms with Crippen LogP contribution in [0.4, 0.5) is 10.1 Å². The summed E-state index contributed by atoms with van der Waals surface area (Å²) in [5.41, 5.74) is 2.77. The standard InChI is InChI=1S/C19H17FN2O4S/c1-12(19(23)21-24)27(25,26)22-18-16-5-3-2-4-13(16)8-11-17(18)14-6-9-15(20)10-7-14/h2-12,22,24H,1H3,(H,21,23)/t12-/m0/s1. The molecule has 0 aliphatic carbocycles. The summed E-state index contributed by atoms with van der Waals surface area (Å²) < 4.78 is 41.0. The molecule has 0 radical (unpaired) electrons. The third kappa shape index (κ3) is 3.76. The van der Waals surface area contributed by atoms with E-state index in [1.54, 1.807) is 30.3 Å². The number of halogens is 1. The van der Waals surface area contributed by atoms with Crippen molar-refractivity contribution in [2.75, 3.05) is 4.72 Å². The Morgan fingerprint density at radius 1 is 1.04 bits per heavy atom. The molecule has 0 spiro atoms. The van der Waals surface area contributed by atoms with Crippen molar-refractivity contribution in [1.29, 1.82) is 0 Å². The number of hydrogen-bond acceptors (Lipinski definition) is 4. The summed E-state index contributed by atoms with van der Waals surface area (Å²) in [6.07, 6.45) is 0. The van der Waals surface area contributed by atoms with Gasteiger partial charge in [-0.25, -0.2) is 18.3 Å². The van der Waals surface area contributed by atoms with Gasteiger partial charge >= 0.3 is 0 Å². The summed E-state index contributed by atoms with van der Waals surface area (Å²) in [6, 6.07) is 16.4. The quantitative estimate of drug-likeness (QED) is 0.462. The van der Waals surface area contributed by atoms with E-state index in [4.69, 9.17) is 5.21 Å². The lowest BCUT2D eigenvalue weighted by molar-refractivity contribution is -0.128. The number of amides is 1. The molecule has 27 heavy (non-hydrogen) atoms. The summed E-state index contributed by atoms with van der Waals surface area (Å²) in [6.45, 7) is 1.16. The van der Waals surface area contributed by atoms with Gasteiger partial charge in [-0.05, 0) is 30.0 Å². The average Bonchev–Trinajstić information content (AvgIpc) is 2.67. The van der Waals surface area contributed by atoms with Gasteiger partial charge in [0.05, 0.1) is 5.69 Å². The van der Waals surface area contributed by atoms with E-state index >= 15 is 0 Å². The highest BCUT2D eigenvalue weighted by Crippen LogP contribution is 2.36. The molecule has 3 N–H and O–H groups in total. The van der Waals surface area contributed by atoms with Gasteiger partial charge in [0, 0.05) is 10.9 Å². The maximum Gasteiger partial charge on any atom is 0.263 e. The molecule has 3 rings (SSSR count). The number of anilines is 1. The molecule has 0 aliphatic heterocycles. The number of rotatable bonds is 5. The maximum absolute atomic E-state index is 13.3. The third-order valence-corrected chi connectivity index (χ3v) is 5.91. The molecule has 0 unspecified atom stereocenters. The molecule has 3 aromatic rings. The van der Waals surface area contributed by atoms with Gasteiger partial charge in [-0.1, -0.05) is 48.5 Å². The molecule has 0 saturated carbocycles. The monoisotopic (exact) mass is 388 g/mol. The van der Waals surface area contributed by atoms with Crippen LogP contribution in [0.25, 0.3) is 21.9 Å². The van der Waals surface area contributed by atoms with Crippen molar-refractivity contribution in [3.05, 3.63) is 66.5 Å². The number of hydrogen-bond donors (Lipinski definition) is 3. The average molecular weight is 388 g/mol. The van der Waals surface area contributed by atoms with Crippen LogP contribution in [0.3, 0.4) is 0 Å². The molecule has 140 valence electrons. The zero-order chi connectivity index (χ0) is 19.6. The first-order valence-corrected chi connectivity index (χ1v) is 9.61. The van der Waals surface area contributed by atoms with Crippen molar-refractivity contribution < 1.29 is 22.8 Å². The highest BCUT2D eigenvalue weighted by atomic mass is 32.2. The van der Waals surface area contributed by atoms with Gasteiger partial charge in [-0.3, -0.25) is 14.7 Å². The molecule has 0 bridgehead atoms. The minimum Gasteiger partial charge on any atom is -0.289 e. The van der Waals surface area contributed by atoms with Crippen LogP contribution in [-0.2, 0) is 14.8 Å². The van der Waals surface area contributed by atoms with E-state index < -0.39 is 27.0 Å². The van der Waals surface area contributed by atoms with E-state index in [1.165, 1.54) is 17.6 Å². The number of fused-ring (bicyclic) bond motifs is 1. The molecule has 1 atom stereocenters. The molecular formula is C19H17FN2O4S. The van der Waals surface area contributed by atoms with Crippen LogP contribution in [-0.4, -0.2) is 24.8 Å². The zero-order valence-corrected chi connectivity index (χ0v) is 15.1. The molecule has 0 fully saturated rings. The van der Waals surface area contributed by atoms with E-state index in [-0.39, 0.29) is 5.69 Å². The summed E-state index contributed by atoms with van der Waals surface area (Å²) >= 11 is 0. The fraction of sp³-hybridized carbons (Fsp3) is 0.105. The highest BCUT2D eigenvalue weighted by Gasteiger charge is 2.29. The molecule has 3 aromatic carbocycles. The summed E-state index contributed by atoms with van der Waals surface area (Å²) in [4.78, 5) is 11.6. The van der Waals surface area contributed by atoms with Gasteiger partial charge in [0.15, 0.2) is 5.25 Å². The van der Waals surface area contributed by atoms with Crippen molar-refractivity contribution in [2.45, 2.75) is 12.2 Å². The molecular weight excluding hydrogens is 371 g/mol. The molecule has 8 heteroatoms. The molecule has 0 heterocycles. The Hall–Kier alpha value is -2.97. The SMILES string of the molecule is C[C@@H](C(=O)NO)S(=O)(=O)Nc1c(-c2ccc(F)cc2)ccc2ccccc12. The number of carbonyl (C=O) groups is 1. The Balaban J connectivity index is 2.18. The van der Waals surface area contributed by atoms with Gasteiger partial charge in [0.2, 0.25) is 10.0 Å². The lowest BCUT2D eigenvalue weighted by Crippen LogP contribution is -2.39. The Kier molecular flexibility index (Phi) is 5.11. The van der Waals surface area contributed by atoms with Crippen LogP contribution in [0.5, 0.6) is 0 Å². The topological polar surface area (TPSA) is 95.5 Å². The van der Waals surface area contributed by atoms with E-state index in [2.05, 4.69) is 4.72 Å². The second kappa shape index (κ2) is 7.34. The van der Waals surface area contributed by atoms with E-state index in [9.17, 15) is 17.6 Å². The predicted molar refractivity (Wildman–Crippen MR) is 101 cm³/mol. The zero-order valence-electron chi connectivity index (χ0n) is 14.3. The van der Waals surface area contributed by atoms with Gasteiger partial charge < -0.3 is 0 Å². The summed E-state index contributed by atoms with van der Waals surface area (Å²) in [5, 5.41) is 8.63. The van der Waals surface area contributed by atoms with Crippen molar-refractivity contribution in [3.63, 3.8) is 0 Å². The van der Waals surface area contributed by atoms with Gasteiger partial charge in [0.25, 0.3) is 5.91 Å². The summed E-state index contributed by atoms with van der Waals surface area (Å²) in [7, 11) is -4.15. The highest BCUT2D eigenvalue weighted by molar-refractivity contribution is 7.94. The first-order valence-electron chi connectivity index (χ1n) is 8.07. The number of hydroxylamine groups is 1. The predicted octanol–water partition coefficient (Wildman–Crippen LogP) is 3.28. The van der Waals surface area contributed by atoms with Crippen LogP contribution < -0.4 is 10.2 Å².